The van der Waals surface area contributed by atoms with Crippen LogP contribution in [0.25, 0.3) is 0 Å². The molecule has 1 heterocycles. The lowest BCUT2D eigenvalue weighted by Crippen LogP contribution is -2.62. The van der Waals surface area contributed by atoms with Crippen LogP contribution in [-0.2, 0) is 49.6 Å². The normalized spacial score (nSPS) is 21.3. The van der Waals surface area contributed by atoms with Crippen LogP contribution >= 0.6 is 0 Å². The van der Waals surface area contributed by atoms with Crippen molar-refractivity contribution in [1.82, 2.24) is 0 Å². The summed E-state index contributed by atoms with van der Waals surface area (Å²) in [6.45, 7) is 3.36. The van der Waals surface area contributed by atoms with Crippen LogP contribution in [0.4, 0.5) is 0 Å². The Morgan fingerprint density at radius 2 is 1.10 bits per heavy atom. The summed E-state index contributed by atoms with van der Waals surface area (Å²) < 4.78 is 46.5. The Kier molecular flexibility index (Phi) is 15.3. The SMILES string of the molecule is CCCCCCCCOc1ccc(S(=O)[C@@H]2O[C@H](CO)[C@@H](OCc3ccccc3)[C@H](OCc3ccccc3)[C@H]2OCc2ccccc2)cc1. The molecule has 262 valence electrons. The zero-order chi connectivity index (χ0) is 34.1. The average molecular weight is 687 g/mol. The molecule has 1 aliphatic rings. The van der Waals surface area contributed by atoms with Gasteiger partial charge in [-0.3, -0.25) is 4.21 Å². The second-order valence-electron chi connectivity index (χ2n) is 12.4. The van der Waals surface area contributed by atoms with Gasteiger partial charge in [0.1, 0.15) is 30.2 Å². The summed E-state index contributed by atoms with van der Waals surface area (Å²) in [7, 11) is -1.67. The lowest BCUT2D eigenvalue weighted by atomic mass is 9.99. The third-order valence-corrected chi connectivity index (χ3v) is 10.2. The van der Waals surface area contributed by atoms with E-state index in [-0.39, 0.29) is 26.4 Å². The van der Waals surface area contributed by atoms with Crippen LogP contribution in [0.1, 0.15) is 62.1 Å². The van der Waals surface area contributed by atoms with E-state index in [4.69, 9.17) is 23.7 Å². The molecule has 1 fully saturated rings. The molecular formula is C41H50O7S. The van der Waals surface area contributed by atoms with Crippen molar-refractivity contribution >= 4 is 10.8 Å². The first-order valence-electron chi connectivity index (χ1n) is 17.5. The highest BCUT2D eigenvalue weighted by atomic mass is 32.2. The summed E-state index contributed by atoms with van der Waals surface area (Å²) in [5, 5.41) is 10.6. The fourth-order valence-electron chi connectivity index (χ4n) is 5.94. The maximum Gasteiger partial charge on any atom is 0.166 e. The predicted octanol–water partition coefficient (Wildman–Crippen LogP) is 8.01. The van der Waals surface area contributed by atoms with E-state index in [1.807, 2.05) is 115 Å². The summed E-state index contributed by atoms with van der Waals surface area (Å²) in [5.74, 6) is 0.738. The molecule has 0 aromatic heterocycles. The summed E-state index contributed by atoms with van der Waals surface area (Å²) in [6, 6.07) is 36.9. The molecule has 1 unspecified atom stereocenters. The minimum Gasteiger partial charge on any atom is -0.494 e. The number of hydrogen-bond donors (Lipinski definition) is 1. The van der Waals surface area contributed by atoms with Crippen LogP contribution in [0.3, 0.4) is 0 Å². The van der Waals surface area contributed by atoms with Gasteiger partial charge in [-0.2, -0.15) is 0 Å². The average Bonchev–Trinajstić information content (AvgIpc) is 3.16. The molecule has 1 N–H and O–H groups in total. The van der Waals surface area contributed by atoms with Crippen molar-refractivity contribution in [2.24, 2.45) is 0 Å². The smallest absolute Gasteiger partial charge is 0.166 e. The lowest BCUT2D eigenvalue weighted by Gasteiger charge is -2.45. The largest absolute Gasteiger partial charge is 0.494 e. The van der Waals surface area contributed by atoms with Crippen LogP contribution in [0.2, 0.25) is 0 Å². The Bertz CT molecular complexity index is 1490. The molecule has 8 heteroatoms. The van der Waals surface area contributed by atoms with Crippen molar-refractivity contribution < 1.29 is 33.0 Å². The number of hydrogen-bond acceptors (Lipinski definition) is 7. The van der Waals surface area contributed by atoms with Gasteiger partial charge in [0.05, 0.1) is 43.8 Å². The van der Waals surface area contributed by atoms with Gasteiger partial charge in [-0.05, 0) is 47.4 Å². The molecule has 6 atom stereocenters. The van der Waals surface area contributed by atoms with Gasteiger partial charge in [-0.25, -0.2) is 0 Å². The lowest BCUT2D eigenvalue weighted by molar-refractivity contribution is -0.252. The zero-order valence-electron chi connectivity index (χ0n) is 28.4. The van der Waals surface area contributed by atoms with Crippen LogP contribution in [0.15, 0.2) is 120 Å². The molecule has 1 saturated heterocycles. The highest BCUT2D eigenvalue weighted by molar-refractivity contribution is 7.85. The molecule has 5 rings (SSSR count). The predicted molar refractivity (Wildman–Crippen MR) is 193 cm³/mol. The van der Waals surface area contributed by atoms with E-state index in [1.165, 1.54) is 25.7 Å². The van der Waals surface area contributed by atoms with Gasteiger partial charge in [0.2, 0.25) is 0 Å². The van der Waals surface area contributed by atoms with Gasteiger partial charge in [-0.15, -0.1) is 0 Å². The Labute approximate surface area is 294 Å². The number of ether oxygens (including phenoxy) is 5. The summed E-state index contributed by atoms with van der Waals surface area (Å²) in [5.41, 5.74) is 1.99. The number of aliphatic hydroxyl groups is 1. The monoisotopic (exact) mass is 686 g/mol. The maximum atomic E-state index is 14.4. The van der Waals surface area contributed by atoms with Gasteiger partial charge < -0.3 is 28.8 Å². The van der Waals surface area contributed by atoms with Crippen molar-refractivity contribution in [2.45, 2.75) is 100 Å². The van der Waals surface area contributed by atoms with Crippen molar-refractivity contribution in [2.75, 3.05) is 13.2 Å². The molecule has 49 heavy (non-hydrogen) atoms. The van der Waals surface area contributed by atoms with E-state index in [9.17, 15) is 9.32 Å². The van der Waals surface area contributed by atoms with Crippen molar-refractivity contribution in [3.8, 4) is 5.75 Å². The third kappa shape index (κ3) is 11.3. The highest BCUT2D eigenvalue weighted by Crippen LogP contribution is 2.34. The van der Waals surface area contributed by atoms with Crippen molar-refractivity contribution in [3.63, 3.8) is 0 Å². The molecule has 4 aromatic carbocycles. The van der Waals surface area contributed by atoms with Crippen LogP contribution < -0.4 is 4.74 Å². The van der Waals surface area contributed by atoms with E-state index < -0.39 is 40.7 Å². The quantitative estimate of drug-likeness (QED) is 0.0944. The van der Waals surface area contributed by atoms with Gasteiger partial charge >= 0.3 is 0 Å². The Hall–Kier alpha value is -3.37. The van der Waals surface area contributed by atoms with E-state index in [1.54, 1.807) is 0 Å². The van der Waals surface area contributed by atoms with Crippen LogP contribution in [0, 0.1) is 0 Å². The summed E-state index contributed by atoms with van der Waals surface area (Å²) >= 11 is 0. The van der Waals surface area contributed by atoms with Gasteiger partial charge in [0.15, 0.2) is 5.44 Å². The standard InChI is InChI=1S/C41H50O7S/c1-2-3-4-5-6-16-27-44-35-23-25-36(26-24-35)49(43)41-40(47-31-34-21-14-9-15-22-34)39(46-30-33-19-12-8-13-20-33)38(37(28-42)48-41)45-29-32-17-10-7-11-18-32/h7-15,17-26,37-42H,2-6,16,27-31H2,1H3/t37-,38-,39+,40-,41+,49?/m1/s1. The Balaban J connectivity index is 1.36. The summed E-state index contributed by atoms with van der Waals surface area (Å²) in [4.78, 5) is 0.576. The van der Waals surface area contributed by atoms with E-state index in [2.05, 4.69) is 6.92 Å². The highest BCUT2D eigenvalue weighted by Gasteiger charge is 2.50. The summed E-state index contributed by atoms with van der Waals surface area (Å²) in [6.07, 6.45) is 4.21. The van der Waals surface area contributed by atoms with Crippen molar-refractivity contribution in [3.05, 3.63) is 132 Å². The van der Waals surface area contributed by atoms with Gasteiger partial charge in [0, 0.05) is 4.90 Å². The van der Waals surface area contributed by atoms with Crippen molar-refractivity contribution in [1.29, 1.82) is 0 Å². The Morgan fingerprint density at radius 3 is 1.63 bits per heavy atom. The second-order valence-corrected chi connectivity index (χ2v) is 13.9. The minimum absolute atomic E-state index is 0.258. The molecule has 4 aromatic rings. The molecule has 0 amide bonds. The maximum absolute atomic E-state index is 14.4. The minimum atomic E-state index is -1.67. The zero-order valence-corrected chi connectivity index (χ0v) is 29.3. The molecular weight excluding hydrogens is 637 g/mol. The molecule has 0 bridgehead atoms. The molecule has 0 aliphatic carbocycles. The van der Waals surface area contributed by atoms with Crippen LogP contribution in [-0.4, -0.2) is 52.4 Å². The molecule has 0 radical (unpaired) electrons. The first kappa shape index (κ1) is 36.9. The number of benzene rings is 4. The third-order valence-electron chi connectivity index (χ3n) is 8.66. The fourth-order valence-corrected chi connectivity index (χ4v) is 7.33. The first-order valence-corrected chi connectivity index (χ1v) is 18.7. The molecule has 7 nitrogen and oxygen atoms in total. The van der Waals surface area contributed by atoms with E-state index in [0.29, 0.717) is 11.5 Å². The van der Waals surface area contributed by atoms with Gasteiger partial charge in [-0.1, -0.05) is 130 Å². The number of unbranched alkanes of at least 4 members (excludes halogenated alkanes) is 5. The van der Waals surface area contributed by atoms with Gasteiger partial charge in [0.25, 0.3) is 0 Å². The van der Waals surface area contributed by atoms with E-state index >= 15 is 0 Å². The number of aliphatic hydroxyl groups excluding tert-OH is 1. The van der Waals surface area contributed by atoms with E-state index in [0.717, 1.165) is 35.3 Å². The second kappa shape index (κ2) is 20.3. The molecule has 0 saturated carbocycles. The first-order chi connectivity index (χ1) is 24.2. The number of rotatable bonds is 20. The Morgan fingerprint density at radius 1 is 0.612 bits per heavy atom. The molecule has 0 spiro atoms. The topological polar surface area (TPSA) is 83.5 Å². The fraction of sp³-hybridized carbons (Fsp3) is 0.415. The molecule has 1 aliphatic heterocycles. The van der Waals surface area contributed by atoms with Crippen LogP contribution in [0.5, 0.6) is 5.75 Å².